The van der Waals surface area contributed by atoms with E-state index in [0.717, 1.165) is 19.3 Å². The summed E-state index contributed by atoms with van der Waals surface area (Å²) < 4.78 is 22.3. The number of phenols is 1. The Morgan fingerprint density at radius 2 is 2.10 bits per heavy atom. The van der Waals surface area contributed by atoms with Gasteiger partial charge in [-0.2, -0.15) is 0 Å². The molecule has 2 saturated heterocycles. The number of nitrogens with zero attached hydrogens (tertiary/aromatic N) is 5. The molecule has 3 aromatic rings. The van der Waals surface area contributed by atoms with Crippen LogP contribution in [0.2, 0.25) is 0 Å². The first-order chi connectivity index (χ1) is 15.0. The van der Waals surface area contributed by atoms with Gasteiger partial charge in [-0.3, -0.25) is 0 Å². The normalized spacial score (nSPS) is 24.9. The minimum atomic E-state index is -0.930. The molecule has 0 aliphatic carbocycles. The number of piperidine rings is 1. The van der Waals surface area contributed by atoms with Crippen LogP contribution < -0.4 is 15.0 Å². The number of anilines is 1. The standard InChI is InChI=1S/C22H25FN6O2/c1-28-10-9-24-22(28)31-14-4-5-15(19(30)12-14)16-7-8-20(27-26-16)29(2)18-11-13-3-6-17(25-13)21(18)23/h4-5,7-10,12-13,17-18,21,25,30H,3,6,11H2,1-2H3/t13?,17?,18-,21+/m0/s1. The fourth-order valence-corrected chi connectivity index (χ4v) is 4.52. The zero-order valence-electron chi connectivity index (χ0n) is 17.4. The zero-order valence-corrected chi connectivity index (χ0v) is 17.4. The summed E-state index contributed by atoms with van der Waals surface area (Å²) in [5.74, 6) is 1.11. The number of fused-ring (bicyclic) bond motifs is 2. The number of benzene rings is 1. The first-order valence-corrected chi connectivity index (χ1v) is 10.4. The lowest BCUT2D eigenvalue weighted by atomic mass is 9.96. The van der Waals surface area contributed by atoms with Crippen molar-refractivity contribution in [3.8, 4) is 28.8 Å². The quantitative estimate of drug-likeness (QED) is 0.651. The number of hydrogen-bond donors (Lipinski definition) is 2. The van der Waals surface area contributed by atoms with Crippen molar-refractivity contribution in [3.05, 3.63) is 42.7 Å². The topological polar surface area (TPSA) is 88.3 Å². The molecule has 9 heteroatoms. The van der Waals surface area contributed by atoms with Crippen molar-refractivity contribution in [1.82, 2.24) is 25.1 Å². The summed E-state index contributed by atoms with van der Waals surface area (Å²) in [7, 11) is 3.69. The molecule has 8 nitrogen and oxygen atoms in total. The molecule has 4 heterocycles. The predicted octanol–water partition coefficient (Wildman–Crippen LogP) is 3.04. The molecule has 162 valence electrons. The van der Waals surface area contributed by atoms with Crippen molar-refractivity contribution in [1.29, 1.82) is 0 Å². The van der Waals surface area contributed by atoms with Gasteiger partial charge in [0.05, 0.1) is 11.7 Å². The Bertz CT molecular complexity index is 1070. The number of ether oxygens (including phenoxy) is 1. The number of phenolic OH excluding ortho intramolecular Hbond substituents is 1. The lowest BCUT2D eigenvalue weighted by Gasteiger charge is -2.38. The van der Waals surface area contributed by atoms with E-state index in [1.165, 1.54) is 6.07 Å². The van der Waals surface area contributed by atoms with Crippen molar-refractivity contribution < 1.29 is 14.2 Å². The molecule has 0 amide bonds. The van der Waals surface area contributed by atoms with Crippen LogP contribution in [0.5, 0.6) is 17.5 Å². The monoisotopic (exact) mass is 424 g/mol. The van der Waals surface area contributed by atoms with Crippen LogP contribution in [-0.2, 0) is 7.05 Å². The van der Waals surface area contributed by atoms with Crippen molar-refractivity contribution in [2.45, 2.75) is 43.6 Å². The summed E-state index contributed by atoms with van der Waals surface area (Å²) in [6, 6.07) is 9.11. The molecule has 5 rings (SSSR count). The molecule has 31 heavy (non-hydrogen) atoms. The fraction of sp³-hybridized carbons (Fsp3) is 0.409. The molecule has 2 fully saturated rings. The SMILES string of the molecule is CN(c1ccc(-c2ccc(Oc3nccn3C)cc2O)nn1)[C@H]1CC2CCC(N2)[C@H]1F. The summed E-state index contributed by atoms with van der Waals surface area (Å²) in [6.07, 6.45) is 5.16. The number of aryl methyl sites for hydroxylation is 1. The maximum atomic E-state index is 14.9. The third-order valence-electron chi connectivity index (χ3n) is 6.29. The summed E-state index contributed by atoms with van der Waals surface area (Å²) in [5, 5.41) is 22.4. The lowest BCUT2D eigenvalue weighted by Crippen LogP contribution is -2.55. The Hall–Kier alpha value is -3.20. The third kappa shape index (κ3) is 3.69. The molecular formula is C22H25FN6O2. The van der Waals surface area contributed by atoms with Gasteiger partial charge in [-0.15, -0.1) is 10.2 Å². The molecule has 2 aliphatic rings. The van der Waals surface area contributed by atoms with Crippen molar-refractivity contribution in [2.24, 2.45) is 7.05 Å². The summed E-state index contributed by atoms with van der Waals surface area (Å²) in [4.78, 5) is 5.99. The van der Waals surface area contributed by atoms with Crippen molar-refractivity contribution in [3.63, 3.8) is 0 Å². The second kappa shape index (κ2) is 7.81. The summed E-state index contributed by atoms with van der Waals surface area (Å²) in [5.41, 5.74) is 1.07. The Balaban J connectivity index is 1.32. The molecule has 2 unspecified atom stereocenters. The van der Waals surface area contributed by atoms with Gasteiger partial charge in [-0.25, -0.2) is 9.37 Å². The van der Waals surface area contributed by atoms with Crippen LogP contribution in [0.3, 0.4) is 0 Å². The van der Waals surface area contributed by atoms with Gasteiger partial charge in [0.25, 0.3) is 0 Å². The van der Waals surface area contributed by atoms with E-state index in [0.29, 0.717) is 34.9 Å². The number of halogens is 1. The van der Waals surface area contributed by atoms with E-state index in [9.17, 15) is 9.50 Å². The number of rotatable bonds is 5. The molecule has 2 aromatic heterocycles. The molecule has 4 atom stereocenters. The predicted molar refractivity (Wildman–Crippen MR) is 114 cm³/mol. The van der Waals surface area contributed by atoms with Crippen molar-refractivity contribution >= 4 is 5.82 Å². The minimum absolute atomic E-state index is 0.0286. The van der Waals surface area contributed by atoms with Gasteiger partial charge in [0.1, 0.15) is 17.7 Å². The fourth-order valence-electron chi connectivity index (χ4n) is 4.52. The van der Waals surface area contributed by atoms with E-state index >= 15 is 0 Å². The van der Waals surface area contributed by atoms with Crippen LogP contribution in [0.25, 0.3) is 11.3 Å². The number of alkyl halides is 1. The second-order valence-corrected chi connectivity index (χ2v) is 8.28. The van der Waals surface area contributed by atoms with Crippen LogP contribution in [0.4, 0.5) is 10.2 Å². The van der Waals surface area contributed by atoms with Crippen LogP contribution in [0.1, 0.15) is 19.3 Å². The van der Waals surface area contributed by atoms with Gasteiger partial charge in [-0.1, -0.05) is 0 Å². The minimum Gasteiger partial charge on any atom is -0.507 e. The van der Waals surface area contributed by atoms with Gasteiger partial charge in [0, 0.05) is 50.2 Å². The van der Waals surface area contributed by atoms with Gasteiger partial charge >= 0.3 is 6.01 Å². The van der Waals surface area contributed by atoms with E-state index < -0.39 is 6.17 Å². The van der Waals surface area contributed by atoms with Crippen molar-refractivity contribution in [2.75, 3.05) is 11.9 Å². The van der Waals surface area contributed by atoms with Crippen LogP contribution >= 0.6 is 0 Å². The average Bonchev–Trinajstić information content (AvgIpc) is 3.37. The van der Waals surface area contributed by atoms with Crippen LogP contribution in [0.15, 0.2) is 42.7 Å². The zero-order chi connectivity index (χ0) is 21.5. The molecule has 0 saturated carbocycles. The van der Waals surface area contributed by atoms with Gasteiger partial charge in [0.15, 0.2) is 5.82 Å². The van der Waals surface area contributed by atoms with Gasteiger partial charge in [0.2, 0.25) is 0 Å². The maximum Gasteiger partial charge on any atom is 0.301 e. The summed E-state index contributed by atoms with van der Waals surface area (Å²) >= 11 is 0. The number of imidazole rings is 1. The van der Waals surface area contributed by atoms with E-state index in [-0.39, 0.29) is 17.8 Å². The highest BCUT2D eigenvalue weighted by molar-refractivity contribution is 5.68. The highest BCUT2D eigenvalue weighted by Crippen LogP contribution is 2.35. The van der Waals surface area contributed by atoms with E-state index in [1.54, 1.807) is 35.2 Å². The molecule has 0 radical (unpaired) electrons. The molecule has 2 aliphatic heterocycles. The van der Waals surface area contributed by atoms with Gasteiger partial charge < -0.3 is 24.6 Å². The number of hydrogen-bond acceptors (Lipinski definition) is 7. The lowest BCUT2D eigenvalue weighted by molar-refractivity contribution is 0.176. The Kier molecular flexibility index (Phi) is 4.97. The summed E-state index contributed by atoms with van der Waals surface area (Å²) in [6.45, 7) is 0. The Labute approximate surface area is 179 Å². The van der Waals surface area contributed by atoms with E-state index in [4.69, 9.17) is 4.74 Å². The first-order valence-electron chi connectivity index (χ1n) is 10.4. The van der Waals surface area contributed by atoms with Gasteiger partial charge in [-0.05, 0) is 43.5 Å². The Morgan fingerprint density at radius 3 is 2.81 bits per heavy atom. The highest BCUT2D eigenvalue weighted by Gasteiger charge is 2.43. The molecule has 2 bridgehead atoms. The van der Waals surface area contributed by atoms with Crippen LogP contribution in [0, 0.1) is 0 Å². The molecule has 0 spiro atoms. The average molecular weight is 424 g/mol. The molecular weight excluding hydrogens is 399 g/mol. The molecule has 1 aromatic carbocycles. The largest absolute Gasteiger partial charge is 0.507 e. The Morgan fingerprint density at radius 1 is 1.23 bits per heavy atom. The molecule has 2 N–H and O–H groups in total. The van der Waals surface area contributed by atoms with E-state index in [2.05, 4.69) is 20.5 Å². The maximum absolute atomic E-state index is 14.9. The number of aromatic hydroxyl groups is 1. The highest BCUT2D eigenvalue weighted by atomic mass is 19.1. The van der Waals surface area contributed by atoms with E-state index in [1.807, 2.05) is 25.1 Å². The third-order valence-corrected chi connectivity index (χ3v) is 6.29. The van der Waals surface area contributed by atoms with Crippen LogP contribution in [-0.4, -0.2) is 56.2 Å². The first kappa shape index (κ1) is 19.7. The number of nitrogens with one attached hydrogen (secondary N) is 1. The number of aromatic nitrogens is 4. The second-order valence-electron chi connectivity index (χ2n) is 8.28. The smallest absolute Gasteiger partial charge is 0.301 e.